The summed E-state index contributed by atoms with van der Waals surface area (Å²) in [5.74, 6) is -0.779. The van der Waals surface area contributed by atoms with Crippen molar-refractivity contribution in [1.29, 1.82) is 0 Å². The molecule has 1 saturated heterocycles. The maximum absolute atomic E-state index is 11.2. The van der Waals surface area contributed by atoms with Gasteiger partial charge in [0, 0.05) is 26.1 Å². The van der Waals surface area contributed by atoms with Gasteiger partial charge < -0.3 is 10.6 Å². The van der Waals surface area contributed by atoms with Crippen LogP contribution in [0.3, 0.4) is 0 Å². The van der Waals surface area contributed by atoms with E-state index in [4.69, 9.17) is 5.73 Å². The second-order valence-corrected chi connectivity index (χ2v) is 3.09. The number of carbonyl (C=O) groups is 2. The molecule has 4 nitrogen and oxygen atoms in total. The van der Waals surface area contributed by atoms with Crippen LogP contribution in [0.25, 0.3) is 0 Å². The van der Waals surface area contributed by atoms with Crippen molar-refractivity contribution in [2.75, 3.05) is 13.1 Å². The Morgan fingerprint density at radius 2 is 2.25 bits per heavy atom. The summed E-state index contributed by atoms with van der Waals surface area (Å²) in [4.78, 5) is 23.6. The largest absolute Gasteiger partial charge is 0.332 e. The van der Waals surface area contributed by atoms with Gasteiger partial charge >= 0.3 is 0 Å². The number of ketones is 1. The molecule has 68 valence electrons. The quantitative estimate of drug-likeness (QED) is 0.569. The molecule has 1 rings (SSSR count). The molecule has 0 aromatic carbocycles. The summed E-state index contributed by atoms with van der Waals surface area (Å²) < 4.78 is 0. The van der Waals surface area contributed by atoms with Crippen LogP contribution in [0.5, 0.6) is 0 Å². The van der Waals surface area contributed by atoms with Gasteiger partial charge in [-0.05, 0) is 12.8 Å². The summed E-state index contributed by atoms with van der Waals surface area (Å²) in [7, 11) is 0. The zero-order chi connectivity index (χ0) is 9.14. The first kappa shape index (κ1) is 9.19. The molecule has 1 heterocycles. The molecule has 0 saturated carbocycles. The van der Waals surface area contributed by atoms with E-state index in [-0.39, 0.29) is 11.9 Å². The number of Topliss-reactive ketones (excluding diaryl/α,β-unsaturated/α-hetero) is 1. The van der Waals surface area contributed by atoms with Gasteiger partial charge in [-0.1, -0.05) is 0 Å². The Hall–Kier alpha value is -0.900. The Morgan fingerprint density at radius 3 is 2.75 bits per heavy atom. The van der Waals surface area contributed by atoms with Crippen molar-refractivity contribution in [3.05, 3.63) is 0 Å². The molecule has 1 atom stereocenters. The van der Waals surface area contributed by atoms with Crippen LogP contribution in [0.15, 0.2) is 0 Å². The molecule has 1 aliphatic rings. The molecule has 12 heavy (non-hydrogen) atoms. The highest BCUT2D eigenvalue weighted by Crippen LogP contribution is 2.15. The SMILES string of the molecule is CC(=O)C(=O)N1CCCC1CN. The molecule has 4 heteroatoms. The monoisotopic (exact) mass is 170 g/mol. The predicted octanol–water partition coefficient (Wildman–Crippen LogP) is -0.475. The van der Waals surface area contributed by atoms with Gasteiger partial charge in [0.05, 0.1) is 0 Å². The van der Waals surface area contributed by atoms with E-state index in [1.165, 1.54) is 6.92 Å². The molecule has 0 aliphatic carbocycles. The smallest absolute Gasteiger partial charge is 0.289 e. The van der Waals surface area contributed by atoms with Crippen LogP contribution < -0.4 is 5.73 Å². The topological polar surface area (TPSA) is 63.4 Å². The Balaban J connectivity index is 2.61. The van der Waals surface area contributed by atoms with Crippen molar-refractivity contribution in [3.8, 4) is 0 Å². The van der Waals surface area contributed by atoms with Gasteiger partial charge in [-0.25, -0.2) is 0 Å². The first-order valence-electron chi connectivity index (χ1n) is 4.18. The van der Waals surface area contributed by atoms with Gasteiger partial charge in [0.1, 0.15) is 0 Å². The van der Waals surface area contributed by atoms with Gasteiger partial charge in [-0.2, -0.15) is 0 Å². The van der Waals surface area contributed by atoms with E-state index < -0.39 is 5.78 Å². The Bertz CT molecular complexity index is 203. The lowest BCUT2D eigenvalue weighted by atomic mass is 10.2. The lowest BCUT2D eigenvalue weighted by molar-refractivity contribution is -0.144. The number of hydrogen-bond acceptors (Lipinski definition) is 3. The third-order valence-electron chi connectivity index (χ3n) is 2.21. The molecule has 0 aromatic rings. The van der Waals surface area contributed by atoms with Crippen molar-refractivity contribution in [2.45, 2.75) is 25.8 Å². The standard InChI is InChI=1S/C8H14N2O2/c1-6(11)8(12)10-4-2-3-7(10)5-9/h7H,2-5,9H2,1H3. The van der Waals surface area contributed by atoms with E-state index in [2.05, 4.69) is 0 Å². The fraction of sp³-hybridized carbons (Fsp3) is 0.750. The maximum atomic E-state index is 11.2. The maximum Gasteiger partial charge on any atom is 0.289 e. The van der Waals surface area contributed by atoms with Crippen molar-refractivity contribution in [1.82, 2.24) is 4.90 Å². The lowest BCUT2D eigenvalue weighted by Crippen LogP contribution is -2.42. The molecule has 0 bridgehead atoms. The molecular weight excluding hydrogens is 156 g/mol. The van der Waals surface area contributed by atoms with Gasteiger partial charge in [0.15, 0.2) is 0 Å². The van der Waals surface area contributed by atoms with Gasteiger partial charge in [-0.3, -0.25) is 9.59 Å². The third kappa shape index (κ3) is 1.64. The van der Waals surface area contributed by atoms with Crippen LogP contribution in [-0.2, 0) is 9.59 Å². The van der Waals surface area contributed by atoms with Crippen molar-refractivity contribution in [3.63, 3.8) is 0 Å². The average Bonchev–Trinajstić information content (AvgIpc) is 2.49. The van der Waals surface area contributed by atoms with Crippen molar-refractivity contribution in [2.24, 2.45) is 5.73 Å². The van der Waals surface area contributed by atoms with E-state index in [9.17, 15) is 9.59 Å². The first-order chi connectivity index (χ1) is 5.66. The van der Waals surface area contributed by atoms with Crippen molar-refractivity contribution < 1.29 is 9.59 Å². The van der Waals surface area contributed by atoms with E-state index in [1.54, 1.807) is 4.90 Å². The first-order valence-corrected chi connectivity index (χ1v) is 4.18. The summed E-state index contributed by atoms with van der Waals surface area (Å²) in [5, 5.41) is 0. The Morgan fingerprint density at radius 1 is 1.58 bits per heavy atom. The zero-order valence-electron chi connectivity index (χ0n) is 7.25. The summed E-state index contributed by atoms with van der Waals surface area (Å²) >= 11 is 0. The average molecular weight is 170 g/mol. The summed E-state index contributed by atoms with van der Waals surface area (Å²) in [6.07, 6.45) is 1.89. The highest BCUT2D eigenvalue weighted by Gasteiger charge is 2.29. The third-order valence-corrected chi connectivity index (χ3v) is 2.21. The minimum Gasteiger partial charge on any atom is -0.332 e. The molecule has 0 spiro atoms. The fourth-order valence-electron chi connectivity index (χ4n) is 1.55. The Labute approximate surface area is 71.7 Å². The number of likely N-dealkylation sites (tertiary alicyclic amines) is 1. The molecule has 1 aliphatic heterocycles. The van der Waals surface area contributed by atoms with Crippen LogP contribution in [-0.4, -0.2) is 35.7 Å². The summed E-state index contributed by atoms with van der Waals surface area (Å²) in [5.41, 5.74) is 5.46. The fourth-order valence-corrected chi connectivity index (χ4v) is 1.55. The highest BCUT2D eigenvalue weighted by molar-refractivity contribution is 6.35. The van der Waals surface area contributed by atoms with Crippen LogP contribution in [0.2, 0.25) is 0 Å². The number of carbonyl (C=O) groups excluding carboxylic acids is 2. The van der Waals surface area contributed by atoms with Gasteiger partial charge in [0.25, 0.3) is 5.91 Å². The minimum atomic E-state index is -0.393. The summed E-state index contributed by atoms with van der Waals surface area (Å²) in [6.45, 7) is 2.44. The molecule has 1 unspecified atom stereocenters. The van der Waals surface area contributed by atoms with Crippen LogP contribution in [0.4, 0.5) is 0 Å². The molecular formula is C8H14N2O2. The van der Waals surface area contributed by atoms with E-state index in [0.29, 0.717) is 13.1 Å². The minimum absolute atomic E-state index is 0.0846. The Kier molecular flexibility index (Phi) is 2.81. The number of hydrogen-bond donors (Lipinski definition) is 1. The second kappa shape index (κ2) is 3.67. The van der Waals surface area contributed by atoms with E-state index in [0.717, 1.165) is 12.8 Å². The highest BCUT2D eigenvalue weighted by atomic mass is 16.2. The van der Waals surface area contributed by atoms with Gasteiger partial charge in [-0.15, -0.1) is 0 Å². The zero-order valence-corrected chi connectivity index (χ0v) is 7.25. The predicted molar refractivity (Wildman–Crippen MR) is 44.5 cm³/mol. The molecule has 1 amide bonds. The lowest BCUT2D eigenvalue weighted by Gasteiger charge is -2.21. The molecule has 2 N–H and O–H groups in total. The normalized spacial score (nSPS) is 22.8. The summed E-state index contributed by atoms with van der Waals surface area (Å²) in [6, 6.07) is 0.0846. The van der Waals surface area contributed by atoms with Crippen LogP contribution >= 0.6 is 0 Å². The number of amides is 1. The molecule has 1 fully saturated rings. The van der Waals surface area contributed by atoms with E-state index >= 15 is 0 Å². The number of nitrogens with zero attached hydrogens (tertiary/aromatic N) is 1. The second-order valence-electron chi connectivity index (χ2n) is 3.09. The van der Waals surface area contributed by atoms with Crippen LogP contribution in [0, 0.1) is 0 Å². The van der Waals surface area contributed by atoms with E-state index in [1.807, 2.05) is 0 Å². The number of rotatable bonds is 2. The molecule has 0 radical (unpaired) electrons. The van der Waals surface area contributed by atoms with Crippen molar-refractivity contribution >= 4 is 11.7 Å². The number of nitrogens with two attached hydrogens (primary N) is 1. The van der Waals surface area contributed by atoms with Crippen LogP contribution in [0.1, 0.15) is 19.8 Å². The molecule has 0 aromatic heterocycles. The van der Waals surface area contributed by atoms with Gasteiger partial charge in [0.2, 0.25) is 5.78 Å².